The molecule has 0 heterocycles. The Morgan fingerprint density at radius 2 is 2.23 bits per heavy atom. The molecule has 0 unspecified atom stereocenters. The van der Waals surface area contributed by atoms with Gasteiger partial charge in [0, 0.05) is 16.6 Å². The summed E-state index contributed by atoms with van der Waals surface area (Å²) in [6.07, 6.45) is 1.33. The summed E-state index contributed by atoms with van der Waals surface area (Å²) in [5, 5.41) is 0.462. The van der Waals surface area contributed by atoms with Crippen molar-refractivity contribution >= 4 is 11.6 Å². The smallest absolute Gasteiger partial charge is 0.127 e. The summed E-state index contributed by atoms with van der Waals surface area (Å²) in [7, 11) is 0. The van der Waals surface area contributed by atoms with Gasteiger partial charge in [0.05, 0.1) is 0 Å². The minimum Gasteiger partial charge on any atom is -0.327 e. The Labute approximate surface area is 82.7 Å². The third-order valence-corrected chi connectivity index (χ3v) is 2.41. The number of hydrogen-bond donors (Lipinski definition) is 1. The van der Waals surface area contributed by atoms with Crippen LogP contribution < -0.4 is 5.73 Å². The van der Waals surface area contributed by atoms with E-state index in [1.165, 1.54) is 6.07 Å². The zero-order valence-electron chi connectivity index (χ0n) is 7.56. The van der Waals surface area contributed by atoms with E-state index in [1.54, 1.807) is 12.1 Å². The van der Waals surface area contributed by atoms with Crippen LogP contribution >= 0.6 is 11.6 Å². The maximum absolute atomic E-state index is 13.2. The summed E-state index contributed by atoms with van der Waals surface area (Å²) in [5.74, 6) is -0.267. The van der Waals surface area contributed by atoms with Crippen LogP contribution in [0.15, 0.2) is 18.2 Å². The second-order valence-corrected chi connectivity index (χ2v) is 3.48. The molecular formula is C10H13ClFN. The van der Waals surface area contributed by atoms with Crippen LogP contribution in [0, 0.1) is 5.82 Å². The molecule has 0 fully saturated rings. The topological polar surface area (TPSA) is 26.0 Å². The largest absolute Gasteiger partial charge is 0.327 e. The molecule has 0 saturated heterocycles. The first-order valence-electron chi connectivity index (χ1n) is 4.33. The van der Waals surface area contributed by atoms with Gasteiger partial charge in [0.15, 0.2) is 0 Å². The van der Waals surface area contributed by atoms with Crippen molar-refractivity contribution in [1.29, 1.82) is 0 Å². The van der Waals surface area contributed by atoms with Crippen molar-refractivity contribution in [3.8, 4) is 0 Å². The van der Waals surface area contributed by atoms with Crippen LogP contribution in [0.25, 0.3) is 0 Å². The van der Waals surface area contributed by atoms with Crippen LogP contribution in [-0.4, -0.2) is 6.04 Å². The minimum absolute atomic E-state index is 0.0191. The van der Waals surface area contributed by atoms with E-state index < -0.39 is 0 Å². The van der Waals surface area contributed by atoms with Crippen molar-refractivity contribution in [3.63, 3.8) is 0 Å². The summed E-state index contributed by atoms with van der Waals surface area (Å²) < 4.78 is 13.2. The highest BCUT2D eigenvalue weighted by Crippen LogP contribution is 2.20. The SMILES string of the molecule is CC[C@H](N)Cc1c(F)cccc1Cl. The maximum Gasteiger partial charge on any atom is 0.127 e. The molecular weight excluding hydrogens is 189 g/mol. The van der Waals surface area contributed by atoms with Gasteiger partial charge in [-0.15, -0.1) is 0 Å². The molecule has 1 atom stereocenters. The Kier molecular flexibility index (Phi) is 3.70. The molecule has 0 amide bonds. The number of benzene rings is 1. The Hall–Kier alpha value is -0.600. The first-order chi connectivity index (χ1) is 6.15. The molecule has 0 bridgehead atoms. The van der Waals surface area contributed by atoms with Crippen molar-refractivity contribution in [2.75, 3.05) is 0 Å². The minimum atomic E-state index is -0.267. The van der Waals surface area contributed by atoms with Gasteiger partial charge < -0.3 is 5.73 Å². The first-order valence-corrected chi connectivity index (χ1v) is 4.71. The molecule has 1 rings (SSSR count). The Bertz CT molecular complexity index is 268. The lowest BCUT2D eigenvalue weighted by molar-refractivity contribution is 0.579. The average molecular weight is 202 g/mol. The summed E-state index contributed by atoms with van der Waals surface area (Å²) in [6.45, 7) is 1.97. The van der Waals surface area contributed by atoms with Gasteiger partial charge in [0.25, 0.3) is 0 Å². The third kappa shape index (κ3) is 2.68. The van der Waals surface area contributed by atoms with Crippen LogP contribution in [0.2, 0.25) is 5.02 Å². The molecule has 0 radical (unpaired) electrons. The fourth-order valence-corrected chi connectivity index (χ4v) is 1.37. The summed E-state index contributed by atoms with van der Waals surface area (Å²) in [6, 6.07) is 4.67. The highest BCUT2D eigenvalue weighted by atomic mass is 35.5. The van der Waals surface area contributed by atoms with Crippen molar-refractivity contribution in [3.05, 3.63) is 34.6 Å². The zero-order valence-corrected chi connectivity index (χ0v) is 8.31. The quantitative estimate of drug-likeness (QED) is 0.800. The predicted molar refractivity (Wildman–Crippen MR) is 53.4 cm³/mol. The molecule has 1 aromatic rings. The van der Waals surface area contributed by atoms with Crippen LogP contribution in [0.4, 0.5) is 4.39 Å². The van der Waals surface area contributed by atoms with E-state index in [4.69, 9.17) is 17.3 Å². The lowest BCUT2D eigenvalue weighted by Crippen LogP contribution is -2.22. The summed E-state index contributed by atoms with van der Waals surface area (Å²) in [4.78, 5) is 0. The molecule has 0 aliphatic carbocycles. The molecule has 0 spiro atoms. The van der Waals surface area contributed by atoms with Crippen LogP contribution in [-0.2, 0) is 6.42 Å². The normalized spacial score (nSPS) is 12.9. The maximum atomic E-state index is 13.2. The average Bonchev–Trinajstić information content (AvgIpc) is 2.11. The summed E-state index contributed by atoms with van der Waals surface area (Å²) >= 11 is 5.84. The molecule has 13 heavy (non-hydrogen) atoms. The van der Waals surface area contributed by atoms with Crippen molar-refractivity contribution < 1.29 is 4.39 Å². The van der Waals surface area contributed by atoms with E-state index in [9.17, 15) is 4.39 Å². The number of nitrogens with two attached hydrogens (primary N) is 1. The molecule has 2 N–H and O–H groups in total. The second kappa shape index (κ2) is 4.58. The fraction of sp³-hybridized carbons (Fsp3) is 0.400. The molecule has 0 aromatic heterocycles. The van der Waals surface area contributed by atoms with E-state index in [0.29, 0.717) is 17.0 Å². The number of halogens is 2. The van der Waals surface area contributed by atoms with Crippen LogP contribution in [0.5, 0.6) is 0 Å². The Balaban J connectivity index is 2.87. The van der Waals surface area contributed by atoms with Crippen LogP contribution in [0.1, 0.15) is 18.9 Å². The molecule has 0 aliphatic rings. The van der Waals surface area contributed by atoms with Gasteiger partial charge in [-0.05, 0) is 25.0 Å². The van der Waals surface area contributed by atoms with Gasteiger partial charge >= 0.3 is 0 Å². The van der Waals surface area contributed by atoms with Crippen molar-refractivity contribution in [2.45, 2.75) is 25.8 Å². The monoisotopic (exact) mass is 201 g/mol. The lowest BCUT2D eigenvalue weighted by Gasteiger charge is -2.10. The third-order valence-electron chi connectivity index (χ3n) is 2.05. The van der Waals surface area contributed by atoms with E-state index in [1.807, 2.05) is 6.92 Å². The Morgan fingerprint density at radius 3 is 2.77 bits per heavy atom. The summed E-state index contributed by atoms with van der Waals surface area (Å²) in [5.41, 5.74) is 6.24. The van der Waals surface area contributed by atoms with E-state index in [2.05, 4.69) is 0 Å². The number of hydrogen-bond acceptors (Lipinski definition) is 1. The number of rotatable bonds is 3. The molecule has 1 nitrogen and oxygen atoms in total. The van der Waals surface area contributed by atoms with Gasteiger partial charge in [-0.2, -0.15) is 0 Å². The molecule has 72 valence electrons. The van der Waals surface area contributed by atoms with E-state index in [0.717, 1.165) is 6.42 Å². The highest BCUT2D eigenvalue weighted by Gasteiger charge is 2.09. The van der Waals surface area contributed by atoms with Crippen molar-refractivity contribution in [2.24, 2.45) is 5.73 Å². The van der Waals surface area contributed by atoms with Gasteiger partial charge in [0.1, 0.15) is 5.82 Å². The molecule has 1 aromatic carbocycles. The van der Waals surface area contributed by atoms with Crippen molar-refractivity contribution in [1.82, 2.24) is 0 Å². The highest BCUT2D eigenvalue weighted by molar-refractivity contribution is 6.31. The van der Waals surface area contributed by atoms with Gasteiger partial charge in [-0.25, -0.2) is 4.39 Å². The fourth-order valence-electron chi connectivity index (χ4n) is 1.13. The molecule has 0 aliphatic heterocycles. The predicted octanol–water partition coefficient (Wildman–Crippen LogP) is 2.76. The molecule has 3 heteroatoms. The van der Waals surface area contributed by atoms with E-state index >= 15 is 0 Å². The second-order valence-electron chi connectivity index (χ2n) is 3.07. The molecule has 0 saturated carbocycles. The van der Waals surface area contributed by atoms with Gasteiger partial charge in [-0.1, -0.05) is 24.6 Å². The Morgan fingerprint density at radius 1 is 1.54 bits per heavy atom. The first kappa shape index (κ1) is 10.5. The van der Waals surface area contributed by atoms with Gasteiger partial charge in [0.2, 0.25) is 0 Å². The standard InChI is InChI=1S/C10H13ClFN/c1-2-7(13)6-8-9(11)4-3-5-10(8)12/h3-5,7H,2,6,13H2,1H3/t7-/m0/s1. The van der Waals surface area contributed by atoms with Crippen LogP contribution in [0.3, 0.4) is 0 Å². The zero-order chi connectivity index (χ0) is 9.84. The van der Waals surface area contributed by atoms with E-state index in [-0.39, 0.29) is 11.9 Å². The van der Waals surface area contributed by atoms with Gasteiger partial charge in [-0.3, -0.25) is 0 Å². The lowest BCUT2D eigenvalue weighted by atomic mass is 10.0.